The first kappa shape index (κ1) is 13.1. The van der Waals surface area contributed by atoms with Crippen LogP contribution in [0.15, 0.2) is 0 Å². The average molecular weight is 207 g/mol. The van der Waals surface area contributed by atoms with Crippen LogP contribution in [-0.2, 0) is 11.1 Å². The SMILES string of the molecule is CCN(CC)CCCC(C)S(=O)O. The van der Waals surface area contributed by atoms with E-state index < -0.39 is 11.1 Å². The fourth-order valence-corrected chi connectivity index (χ4v) is 1.61. The van der Waals surface area contributed by atoms with Crippen molar-refractivity contribution in [1.82, 2.24) is 4.90 Å². The molecular formula is C9H21NO2S. The smallest absolute Gasteiger partial charge is 0.155 e. The number of rotatable bonds is 7. The van der Waals surface area contributed by atoms with Crippen molar-refractivity contribution in [2.75, 3.05) is 19.6 Å². The fraction of sp³-hybridized carbons (Fsp3) is 1.00. The van der Waals surface area contributed by atoms with Crippen molar-refractivity contribution in [2.24, 2.45) is 0 Å². The van der Waals surface area contributed by atoms with Gasteiger partial charge in [0, 0.05) is 0 Å². The summed E-state index contributed by atoms with van der Waals surface area (Å²) < 4.78 is 19.4. The zero-order valence-electron chi connectivity index (χ0n) is 8.82. The molecule has 0 aliphatic carbocycles. The molecule has 0 amide bonds. The standard InChI is InChI=1S/C9H21NO2S/c1-4-10(5-2)8-6-7-9(3)13(11)12/h9H,4-8H2,1-3H3,(H,11,12). The molecule has 13 heavy (non-hydrogen) atoms. The van der Waals surface area contributed by atoms with Crippen molar-refractivity contribution < 1.29 is 8.76 Å². The second kappa shape index (κ2) is 7.47. The molecule has 0 aromatic heterocycles. The molecule has 0 bridgehead atoms. The first-order chi connectivity index (χ1) is 6.11. The molecule has 2 unspecified atom stereocenters. The van der Waals surface area contributed by atoms with Crippen LogP contribution >= 0.6 is 0 Å². The normalized spacial score (nSPS) is 16.1. The highest BCUT2D eigenvalue weighted by Crippen LogP contribution is 2.03. The van der Waals surface area contributed by atoms with E-state index in [0.717, 1.165) is 32.5 Å². The molecule has 4 heteroatoms. The molecule has 3 nitrogen and oxygen atoms in total. The average Bonchev–Trinajstić information content (AvgIpc) is 2.12. The maximum atomic E-state index is 10.6. The molecule has 0 heterocycles. The third-order valence-electron chi connectivity index (χ3n) is 2.32. The Hall–Kier alpha value is 0.0700. The Balaban J connectivity index is 3.48. The van der Waals surface area contributed by atoms with Crippen LogP contribution in [0.4, 0.5) is 0 Å². The summed E-state index contributed by atoms with van der Waals surface area (Å²) in [5.74, 6) is 0. The van der Waals surface area contributed by atoms with Crippen LogP contribution in [0.3, 0.4) is 0 Å². The molecule has 0 rings (SSSR count). The summed E-state index contributed by atoms with van der Waals surface area (Å²) in [6, 6.07) is 0. The second-order valence-electron chi connectivity index (χ2n) is 3.26. The van der Waals surface area contributed by atoms with Crippen LogP contribution in [0.1, 0.15) is 33.6 Å². The maximum Gasteiger partial charge on any atom is 0.155 e. The summed E-state index contributed by atoms with van der Waals surface area (Å²) in [5, 5.41) is -0.0874. The van der Waals surface area contributed by atoms with Gasteiger partial charge in [-0.05, 0) is 39.4 Å². The van der Waals surface area contributed by atoms with Crippen LogP contribution in [0.2, 0.25) is 0 Å². The second-order valence-corrected chi connectivity index (χ2v) is 4.61. The highest BCUT2D eigenvalue weighted by Gasteiger charge is 2.08. The lowest BCUT2D eigenvalue weighted by Crippen LogP contribution is -2.25. The van der Waals surface area contributed by atoms with Gasteiger partial charge in [-0.15, -0.1) is 0 Å². The summed E-state index contributed by atoms with van der Waals surface area (Å²) in [6.45, 7) is 9.25. The number of hydrogen-bond donors (Lipinski definition) is 1. The van der Waals surface area contributed by atoms with Gasteiger partial charge in [-0.1, -0.05) is 13.8 Å². The van der Waals surface area contributed by atoms with Crippen LogP contribution < -0.4 is 0 Å². The van der Waals surface area contributed by atoms with E-state index in [9.17, 15) is 4.21 Å². The number of hydrogen-bond acceptors (Lipinski definition) is 2. The molecule has 0 aromatic carbocycles. The summed E-state index contributed by atoms with van der Waals surface area (Å²) in [5.41, 5.74) is 0. The predicted molar refractivity (Wildman–Crippen MR) is 57.3 cm³/mol. The molecule has 0 radical (unpaired) electrons. The molecule has 2 atom stereocenters. The highest BCUT2D eigenvalue weighted by atomic mass is 32.2. The molecule has 80 valence electrons. The van der Waals surface area contributed by atoms with Gasteiger partial charge in [-0.3, -0.25) is 0 Å². The van der Waals surface area contributed by atoms with Gasteiger partial charge in [0.2, 0.25) is 0 Å². The van der Waals surface area contributed by atoms with Crippen LogP contribution in [0.5, 0.6) is 0 Å². The third-order valence-corrected chi connectivity index (χ3v) is 3.25. The topological polar surface area (TPSA) is 40.5 Å². The minimum Gasteiger partial charge on any atom is -0.306 e. The Bertz CT molecular complexity index is 149. The van der Waals surface area contributed by atoms with Crippen molar-refractivity contribution in [1.29, 1.82) is 0 Å². The van der Waals surface area contributed by atoms with E-state index in [1.54, 1.807) is 0 Å². The minimum atomic E-state index is -1.65. The Labute approximate surface area is 83.8 Å². The van der Waals surface area contributed by atoms with E-state index >= 15 is 0 Å². The van der Waals surface area contributed by atoms with Crippen molar-refractivity contribution in [3.63, 3.8) is 0 Å². The summed E-state index contributed by atoms with van der Waals surface area (Å²) in [7, 11) is 0. The summed E-state index contributed by atoms with van der Waals surface area (Å²) in [6.07, 6.45) is 1.84. The zero-order chi connectivity index (χ0) is 10.3. The van der Waals surface area contributed by atoms with Crippen molar-refractivity contribution in [2.45, 2.75) is 38.9 Å². The molecular weight excluding hydrogens is 186 g/mol. The molecule has 0 spiro atoms. The van der Waals surface area contributed by atoms with Crippen molar-refractivity contribution in [3.05, 3.63) is 0 Å². The summed E-state index contributed by atoms with van der Waals surface area (Å²) >= 11 is -1.65. The molecule has 0 saturated carbocycles. The first-order valence-corrected chi connectivity index (χ1v) is 6.10. The van der Waals surface area contributed by atoms with E-state index in [-0.39, 0.29) is 5.25 Å². The van der Waals surface area contributed by atoms with Gasteiger partial charge >= 0.3 is 0 Å². The van der Waals surface area contributed by atoms with E-state index in [4.69, 9.17) is 4.55 Å². The Morgan fingerprint density at radius 2 is 1.92 bits per heavy atom. The first-order valence-electron chi connectivity index (χ1n) is 4.93. The molecule has 0 aliphatic rings. The van der Waals surface area contributed by atoms with Gasteiger partial charge in [0.1, 0.15) is 0 Å². The van der Waals surface area contributed by atoms with Crippen molar-refractivity contribution in [3.8, 4) is 0 Å². The molecule has 0 aliphatic heterocycles. The van der Waals surface area contributed by atoms with Gasteiger partial charge < -0.3 is 9.45 Å². The van der Waals surface area contributed by atoms with E-state index in [2.05, 4.69) is 18.7 Å². The zero-order valence-corrected chi connectivity index (χ0v) is 9.64. The third kappa shape index (κ3) is 6.18. The Morgan fingerprint density at radius 3 is 2.31 bits per heavy atom. The van der Waals surface area contributed by atoms with Gasteiger partial charge in [0.25, 0.3) is 0 Å². The van der Waals surface area contributed by atoms with Crippen molar-refractivity contribution >= 4 is 11.1 Å². The van der Waals surface area contributed by atoms with Crippen LogP contribution in [-0.4, -0.2) is 38.5 Å². The van der Waals surface area contributed by atoms with E-state index in [1.165, 1.54) is 0 Å². The van der Waals surface area contributed by atoms with Crippen LogP contribution in [0.25, 0.3) is 0 Å². The lowest BCUT2D eigenvalue weighted by Gasteiger charge is -2.18. The summed E-state index contributed by atoms with van der Waals surface area (Å²) in [4.78, 5) is 2.33. The lowest BCUT2D eigenvalue weighted by molar-refractivity contribution is 0.296. The van der Waals surface area contributed by atoms with Gasteiger partial charge in [0.05, 0.1) is 5.25 Å². The Kier molecular flexibility index (Phi) is 7.51. The van der Waals surface area contributed by atoms with E-state index in [1.807, 2.05) is 6.92 Å². The molecule has 1 N–H and O–H groups in total. The molecule has 0 fully saturated rings. The minimum absolute atomic E-state index is 0.0874. The quantitative estimate of drug-likeness (QED) is 0.646. The van der Waals surface area contributed by atoms with Gasteiger partial charge in [-0.25, -0.2) is 4.21 Å². The number of nitrogens with zero attached hydrogens (tertiary/aromatic N) is 1. The van der Waals surface area contributed by atoms with Gasteiger partial charge in [-0.2, -0.15) is 0 Å². The molecule has 0 aromatic rings. The largest absolute Gasteiger partial charge is 0.306 e. The van der Waals surface area contributed by atoms with E-state index in [0.29, 0.717) is 0 Å². The molecule has 0 saturated heterocycles. The highest BCUT2D eigenvalue weighted by molar-refractivity contribution is 7.79. The fourth-order valence-electron chi connectivity index (χ4n) is 1.24. The van der Waals surface area contributed by atoms with Crippen LogP contribution in [0, 0.1) is 0 Å². The predicted octanol–water partition coefficient (Wildman–Crippen LogP) is 1.72. The lowest BCUT2D eigenvalue weighted by atomic mass is 10.2. The van der Waals surface area contributed by atoms with Gasteiger partial charge in [0.15, 0.2) is 11.1 Å². The Morgan fingerprint density at radius 1 is 1.38 bits per heavy atom. The maximum absolute atomic E-state index is 10.6. The monoisotopic (exact) mass is 207 g/mol.